The highest BCUT2D eigenvalue weighted by atomic mass is 14.9. The molecule has 0 spiro atoms. The van der Waals surface area contributed by atoms with Crippen LogP contribution in [0.5, 0.6) is 0 Å². The molecule has 3 N–H and O–H groups in total. The summed E-state index contributed by atoms with van der Waals surface area (Å²) >= 11 is 0. The SMILES string of the molecule is NC[C@H]1CCNc2ccccc21. The van der Waals surface area contributed by atoms with Gasteiger partial charge >= 0.3 is 0 Å². The summed E-state index contributed by atoms with van der Waals surface area (Å²) < 4.78 is 0. The third-order valence-electron chi connectivity index (χ3n) is 2.49. The van der Waals surface area contributed by atoms with E-state index in [0.717, 1.165) is 19.5 Å². The molecule has 2 heteroatoms. The number of hydrogen-bond donors (Lipinski definition) is 2. The second-order valence-corrected chi connectivity index (χ2v) is 3.24. The molecule has 0 amide bonds. The lowest BCUT2D eigenvalue weighted by Crippen LogP contribution is -2.22. The first-order valence-corrected chi connectivity index (χ1v) is 4.44. The molecule has 0 aromatic heterocycles. The van der Waals surface area contributed by atoms with E-state index >= 15 is 0 Å². The minimum atomic E-state index is 0.558. The van der Waals surface area contributed by atoms with Crippen LogP contribution in [0.2, 0.25) is 0 Å². The van der Waals surface area contributed by atoms with Gasteiger partial charge in [-0.15, -0.1) is 0 Å². The van der Waals surface area contributed by atoms with Crippen LogP contribution >= 0.6 is 0 Å². The van der Waals surface area contributed by atoms with Crippen LogP contribution in [-0.2, 0) is 0 Å². The highest BCUT2D eigenvalue weighted by Crippen LogP contribution is 2.29. The van der Waals surface area contributed by atoms with E-state index in [1.807, 2.05) is 0 Å². The Morgan fingerprint density at radius 3 is 3.08 bits per heavy atom. The Morgan fingerprint density at radius 2 is 2.25 bits per heavy atom. The first-order valence-electron chi connectivity index (χ1n) is 4.44. The normalized spacial score (nSPS) is 21.2. The maximum absolute atomic E-state index is 5.69. The second kappa shape index (κ2) is 3.15. The van der Waals surface area contributed by atoms with Gasteiger partial charge in [-0.25, -0.2) is 0 Å². The van der Waals surface area contributed by atoms with Crippen LogP contribution in [0, 0.1) is 0 Å². The first-order chi connectivity index (χ1) is 5.92. The first kappa shape index (κ1) is 7.62. The smallest absolute Gasteiger partial charge is 0.0376 e. The number of anilines is 1. The van der Waals surface area contributed by atoms with Crippen molar-refractivity contribution in [3.05, 3.63) is 29.8 Å². The molecule has 1 aliphatic heterocycles. The molecule has 0 saturated carbocycles. The van der Waals surface area contributed by atoms with Crippen molar-refractivity contribution in [2.45, 2.75) is 12.3 Å². The standard InChI is InChI=1S/C10H14N2/c11-7-8-5-6-12-10-4-2-1-3-9(8)10/h1-4,8,12H,5-7,11H2/t8-/m1/s1. The summed E-state index contributed by atoms with van der Waals surface area (Å²) in [6.07, 6.45) is 1.16. The highest BCUT2D eigenvalue weighted by molar-refractivity contribution is 5.54. The van der Waals surface area contributed by atoms with Gasteiger partial charge in [0.05, 0.1) is 0 Å². The van der Waals surface area contributed by atoms with Gasteiger partial charge in [0.2, 0.25) is 0 Å². The van der Waals surface area contributed by atoms with Crippen molar-refractivity contribution in [2.75, 3.05) is 18.4 Å². The zero-order valence-electron chi connectivity index (χ0n) is 7.09. The van der Waals surface area contributed by atoms with E-state index in [4.69, 9.17) is 5.73 Å². The lowest BCUT2D eigenvalue weighted by atomic mass is 9.91. The number of nitrogens with one attached hydrogen (secondary N) is 1. The van der Waals surface area contributed by atoms with E-state index in [2.05, 4.69) is 29.6 Å². The van der Waals surface area contributed by atoms with E-state index < -0.39 is 0 Å². The van der Waals surface area contributed by atoms with Gasteiger partial charge in [0.1, 0.15) is 0 Å². The van der Waals surface area contributed by atoms with Gasteiger partial charge in [0.15, 0.2) is 0 Å². The minimum Gasteiger partial charge on any atom is -0.385 e. The van der Waals surface area contributed by atoms with Gasteiger partial charge < -0.3 is 11.1 Å². The van der Waals surface area contributed by atoms with Gasteiger partial charge in [0.25, 0.3) is 0 Å². The Morgan fingerprint density at radius 1 is 1.42 bits per heavy atom. The van der Waals surface area contributed by atoms with Gasteiger partial charge in [-0.05, 0) is 30.5 Å². The van der Waals surface area contributed by atoms with Crippen molar-refractivity contribution in [1.82, 2.24) is 0 Å². The Labute approximate surface area is 72.8 Å². The molecule has 1 aliphatic rings. The largest absolute Gasteiger partial charge is 0.385 e. The highest BCUT2D eigenvalue weighted by Gasteiger charge is 2.17. The monoisotopic (exact) mass is 162 g/mol. The molecule has 12 heavy (non-hydrogen) atoms. The lowest BCUT2D eigenvalue weighted by Gasteiger charge is -2.25. The maximum Gasteiger partial charge on any atom is 0.0376 e. The summed E-state index contributed by atoms with van der Waals surface area (Å²) in [4.78, 5) is 0. The molecule has 0 aliphatic carbocycles. The number of fused-ring (bicyclic) bond motifs is 1. The fourth-order valence-corrected chi connectivity index (χ4v) is 1.80. The molecule has 2 rings (SSSR count). The zero-order valence-corrected chi connectivity index (χ0v) is 7.09. The van der Waals surface area contributed by atoms with Crippen molar-refractivity contribution < 1.29 is 0 Å². The van der Waals surface area contributed by atoms with E-state index in [0.29, 0.717) is 5.92 Å². The average Bonchev–Trinajstić information content (AvgIpc) is 2.17. The van der Waals surface area contributed by atoms with Gasteiger partial charge in [-0.2, -0.15) is 0 Å². The Balaban J connectivity index is 2.37. The van der Waals surface area contributed by atoms with Gasteiger partial charge in [-0.1, -0.05) is 18.2 Å². The van der Waals surface area contributed by atoms with Crippen molar-refractivity contribution in [3.8, 4) is 0 Å². The molecule has 2 nitrogen and oxygen atoms in total. The van der Waals surface area contributed by atoms with Crippen molar-refractivity contribution >= 4 is 5.69 Å². The summed E-state index contributed by atoms with van der Waals surface area (Å²) in [7, 11) is 0. The van der Waals surface area contributed by atoms with Crippen LogP contribution in [0.1, 0.15) is 17.9 Å². The summed E-state index contributed by atoms with van der Waals surface area (Å²) in [6.45, 7) is 1.82. The van der Waals surface area contributed by atoms with Crippen molar-refractivity contribution in [3.63, 3.8) is 0 Å². The van der Waals surface area contributed by atoms with E-state index in [1.54, 1.807) is 0 Å². The Kier molecular flexibility index (Phi) is 2.00. The number of rotatable bonds is 1. The number of benzene rings is 1. The maximum atomic E-state index is 5.69. The van der Waals surface area contributed by atoms with Crippen molar-refractivity contribution in [1.29, 1.82) is 0 Å². The molecule has 0 bridgehead atoms. The molecule has 0 unspecified atom stereocenters. The predicted octanol–water partition coefficient (Wildman–Crippen LogP) is 1.54. The lowest BCUT2D eigenvalue weighted by molar-refractivity contribution is 0.637. The van der Waals surface area contributed by atoms with Crippen LogP contribution in [-0.4, -0.2) is 13.1 Å². The Bertz CT molecular complexity index is 270. The molecular weight excluding hydrogens is 148 g/mol. The molecule has 0 saturated heterocycles. The molecule has 1 atom stereocenters. The Hall–Kier alpha value is -1.02. The zero-order chi connectivity index (χ0) is 8.39. The quantitative estimate of drug-likeness (QED) is 0.657. The fraction of sp³-hybridized carbons (Fsp3) is 0.400. The van der Waals surface area contributed by atoms with Gasteiger partial charge in [0, 0.05) is 12.2 Å². The van der Waals surface area contributed by atoms with Gasteiger partial charge in [-0.3, -0.25) is 0 Å². The molecule has 64 valence electrons. The summed E-state index contributed by atoms with van der Waals surface area (Å²) in [5, 5.41) is 3.37. The predicted molar refractivity (Wildman–Crippen MR) is 51.3 cm³/mol. The third kappa shape index (κ3) is 1.18. The third-order valence-corrected chi connectivity index (χ3v) is 2.49. The summed E-state index contributed by atoms with van der Waals surface area (Å²) in [5.41, 5.74) is 8.33. The second-order valence-electron chi connectivity index (χ2n) is 3.24. The molecule has 0 radical (unpaired) electrons. The van der Waals surface area contributed by atoms with E-state index in [-0.39, 0.29) is 0 Å². The molecule has 1 aromatic carbocycles. The minimum absolute atomic E-state index is 0.558. The van der Waals surface area contributed by atoms with Crippen LogP contribution < -0.4 is 11.1 Å². The number of para-hydroxylation sites is 1. The number of nitrogens with two attached hydrogens (primary N) is 1. The topological polar surface area (TPSA) is 38.0 Å². The van der Waals surface area contributed by atoms with Crippen LogP contribution in [0.25, 0.3) is 0 Å². The van der Waals surface area contributed by atoms with Crippen LogP contribution in [0.15, 0.2) is 24.3 Å². The molecule has 1 heterocycles. The number of hydrogen-bond acceptors (Lipinski definition) is 2. The van der Waals surface area contributed by atoms with Crippen molar-refractivity contribution in [2.24, 2.45) is 5.73 Å². The van der Waals surface area contributed by atoms with Crippen LogP contribution in [0.3, 0.4) is 0 Å². The van der Waals surface area contributed by atoms with E-state index in [9.17, 15) is 0 Å². The summed E-state index contributed by atoms with van der Waals surface area (Å²) in [5.74, 6) is 0.558. The molecular formula is C10H14N2. The van der Waals surface area contributed by atoms with Crippen LogP contribution in [0.4, 0.5) is 5.69 Å². The fourth-order valence-electron chi connectivity index (χ4n) is 1.80. The summed E-state index contributed by atoms with van der Waals surface area (Å²) in [6, 6.07) is 8.43. The van der Waals surface area contributed by atoms with E-state index in [1.165, 1.54) is 11.3 Å². The average molecular weight is 162 g/mol. The molecule has 0 fully saturated rings. The molecule has 1 aromatic rings.